The highest BCUT2D eigenvalue weighted by Gasteiger charge is 2.13. The van der Waals surface area contributed by atoms with Crippen molar-refractivity contribution in [3.63, 3.8) is 0 Å². The van der Waals surface area contributed by atoms with E-state index in [-0.39, 0.29) is 0 Å². The van der Waals surface area contributed by atoms with Gasteiger partial charge in [-0.3, -0.25) is 0 Å². The first-order valence-corrected chi connectivity index (χ1v) is 5.55. The van der Waals surface area contributed by atoms with Crippen molar-refractivity contribution < 1.29 is 5.94 Å². The molecule has 0 saturated carbocycles. The number of benzene rings is 1. The summed E-state index contributed by atoms with van der Waals surface area (Å²) in [5.41, 5.74) is 5.77. The number of nitrogens with zero attached hydrogens (tertiary/aromatic N) is 1. The molecule has 0 saturated heterocycles. The minimum atomic E-state index is 0.586. The van der Waals surface area contributed by atoms with Crippen LogP contribution in [0.4, 0.5) is 0 Å². The Morgan fingerprint density at radius 1 is 1.00 bits per heavy atom. The third-order valence-corrected chi connectivity index (χ3v) is 3.06. The van der Waals surface area contributed by atoms with Gasteiger partial charge in [-0.15, -0.1) is 0 Å². The van der Waals surface area contributed by atoms with E-state index < -0.39 is 0 Å². The summed E-state index contributed by atoms with van der Waals surface area (Å²) in [6.45, 7) is 6.17. The average molecular weight is 213 g/mol. The standard InChI is InChI=1S/C15H18N/c1-11-7-5-6-8-14(11)15-9-12(2)13(3)10-16(15)4/h5-10H,1-4H3/q+1/i10D. The molecule has 0 N–H and O–H groups in total. The second kappa shape index (κ2) is 4.09. The van der Waals surface area contributed by atoms with Crippen molar-refractivity contribution >= 4 is 0 Å². The summed E-state index contributed by atoms with van der Waals surface area (Å²) in [5, 5.41) is 0. The minimum Gasteiger partial charge on any atom is -0.201 e. The molecule has 1 heteroatoms. The summed E-state index contributed by atoms with van der Waals surface area (Å²) < 4.78 is 10.1. The Hall–Kier alpha value is -1.63. The van der Waals surface area contributed by atoms with Gasteiger partial charge in [0.15, 0.2) is 6.17 Å². The van der Waals surface area contributed by atoms with Crippen LogP contribution >= 0.6 is 0 Å². The first kappa shape index (κ1) is 9.59. The summed E-state index contributed by atoms with van der Waals surface area (Å²) in [6, 6.07) is 10.5. The van der Waals surface area contributed by atoms with Crippen molar-refractivity contribution in [1.29, 1.82) is 0 Å². The van der Waals surface area contributed by atoms with Gasteiger partial charge in [0.05, 0.1) is 0 Å². The summed E-state index contributed by atoms with van der Waals surface area (Å²) in [5.74, 6) is 0. The summed E-state index contributed by atoms with van der Waals surface area (Å²) in [7, 11) is 1.95. The molecule has 82 valence electrons. The van der Waals surface area contributed by atoms with Gasteiger partial charge in [0.25, 0.3) is 0 Å². The highest BCUT2D eigenvalue weighted by Crippen LogP contribution is 2.21. The molecule has 0 spiro atoms. The van der Waals surface area contributed by atoms with E-state index in [1.165, 1.54) is 16.7 Å². The SMILES string of the molecule is [2H]c1c(C)c(C)cc(-c2ccccc2C)[n+]1C. The Labute approximate surface area is 98.8 Å². The molecular formula is C15H18N+. The first-order chi connectivity index (χ1) is 8.02. The number of rotatable bonds is 1. The van der Waals surface area contributed by atoms with Crippen molar-refractivity contribution in [2.75, 3.05) is 0 Å². The quantitative estimate of drug-likeness (QED) is 0.641. The van der Waals surface area contributed by atoms with Crippen molar-refractivity contribution in [3.05, 3.63) is 53.2 Å². The zero-order valence-corrected chi connectivity index (χ0v) is 10.3. The Morgan fingerprint density at radius 2 is 1.69 bits per heavy atom. The molecule has 1 heterocycles. The molecule has 0 atom stereocenters. The van der Waals surface area contributed by atoms with E-state index >= 15 is 0 Å². The maximum Gasteiger partial charge on any atom is 0.212 e. The molecule has 16 heavy (non-hydrogen) atoms. The van der Waals surface area contributed by atoms with E-state index in [0.29, 0.717) is 6.17 Å². The number of pyridine rings is 1. The van der Waals surface area contributed by atoms with Crippen LogP contribution in [-0.2, 0) is 7.05 Å². The van der Waals surface area contributed by atoms with Gasteiger partial charge >= 0.3 is 0 Å². The number of aryl methyl sites for hydroxylation is 2. The summed E-state index contributed by atoms with van der Waals surface area (Å²) >= 11 is 0. The summed E-state index contributed by atoms with van der Waals surface area (Å²) in [4.78, 5) is 0. The third kappa shape index (κ3) is 1.85. The molecule has 0 bridgehead atoms. The van der Waals surface area contributed by atoms with Gasteiger partial charge in [0, 0.05) is 17.2 Å². The predicted octanol–water partition coefficient (Wildman–Crippen LogP) is 3.10. The van der Waals surface area contributed by atoms with Gasteiger partial charge in [-0.1, -0.05) is 18.2 Å². The lowest BCUT2D eigenvalue weighted by atomic mass is 10.0. The lowest BCUT2D eigenvalue weighted by Gasteiger charge is -2.06. The van der Waals surface area contributed by atoms with Crippen LogP contribution in [-0.4, -0.2) is 0 Å². The molecule has 0 amide bonds. The van der Waals surface area contributed by atoms with Gasteiger partial charge in [-0.25, -0.2) is 4.57 Å². The molecular weight excluding hydrogens is 194 g/mol. The maximum atomic E-state index is 8.11. The van der Waals surface area contributed by atoms with E-state index in [1.807, 2.05) is 30.7 Å². The molecule has 0 aliphatic carbocycles. The number of hydrogen-bond acceptors (Lipinski definition) is 0. The lowest BCUT2D eigenvalue weighted by Crippen LogP contribution is -2.31. The van der Waals surface area contributed by atoms with Crippen LogP contribution in [0.5, 0.6) is 0 Å². The van der Waals surface area contributed by atoms with E-state index in [1.54, 1.807) is 0 Å². The lowest BCUT2D eigenvalue weighted by molar-refractivity contribution is -0.660. The van der Waals surface area contributed by atoms with E-state index in [0.717, 1.165) is 11.3 Å². The van der Waals surface area contributed by atoms with Crippen LogP contribution in [0.2, 0.25) is 0 Å². The van der Waals surface area contributed by atoms with Crippen LogP contribution in [0.15, 0.2) is 36.5 Å². The molecule has 1 nitrogen and oxygen atoms in total. The first-order valence-electron chi connectivity index (χ1n) is 6.05. The normalized spacial score (nSPS) is 11.4. The van der Waals surface area contributed by atoms with E-state index in [9.17, 15) is 0 Å². The molecule has 2 aromatic rings. The van der Waals surface area contributed by atoms with Gasteiger partial charge < -0.3 is 0 Å². The molecule has 0 unspecified atom stereocenters. The van der Waals surface area contributed by atoms with Crippen LogP contribution in [0, 0.1) is 20.8 Å². The van der Waals surface area contributed by atoms with E-state index in [2.05, 4.69) is 32.0 Å². The molecule has 0 fully saturated rings. The smallest absolute Gasteiger partial charge is 0.201 e. The number of hydrogen-bond donors (Lipinski definition) is 0. The fourth-order valence-corrected chi connectivity index (χ4v) is 1.93. The van der Waals surface area contributed by atoms with Crippen LogP contribution in [0.3, 0.4) is 0 Å². The highest BCUT2D eigenvalue weighted by atomic mass is 14.9. The predicted molar refractivity (Wildman–Crippen MR) is 67.3 cm³/mol. The maximum absolute atomic E-state index is 8.11. The van der Waals surface area contributed by atoms with Crippen molar-refractivity contribution in [2.45, 2.75) is 20.8 Å². The fraction of sp³-hybridized carbons (Fsp3) is 0.267. The van der Waals surface area contributed by atoms with E-state index in [4.69, 9.17) is 1.37 Å². The number of aromatic nitrogens is 1. The molecule has 1 aromatic carbocycles. The molecule has 0 radical (unpaired) electrons. The molecule has 0 aliphatic rings. The Bertz CT molecular complexity index is 573. The van der Waals surface area contributed by atoms with Gasteiger partial charge in [-0.05, 0) is 38.0 Å². The zero-order chi connectivity index (χ0) is 12.6. The van der Waals surface area contributed by atoms with Gasteiger partial charge in [-0.2, -0.15) is 0 Å². The average Bonchev–Trinajstić information content (AvgIpc) is 2.32. The van der Waals surface area contributed by atoms with Crippen LogP contribution in [0.25, 0.3) is 11.3 Å². The Kier molecular flexibility index (Phi) is 2.45. The highest BCUT2D eigenvalue weighted by molar-refractivity contribution is 5.61. The summed E-state index contributed by atoms with van der Waals surface area (Å²) in [6.07, 6.45) is 0.586. The Morgan fingerprint density at radius 3 is 2.38 bits per heavy atom. The van der Waals surface area contributed by atoms with Crippen molar-refractivity contribution in [1.82, 2.24) is 0 Å². The van der Waals surface area contributed by atoms with Gasteiger partial charge in [0.2, 0.25) is 5.69 Å². The largest absolute Gasteiger partial charge is 0.212 e. The second-order valence-electron chi connectivity index (χ2n) is 4.32. The molecule has 1 aromatic heterocycles. The Balaban J connectivity index is 2.73. The topological polar surface area (TPSA) is 3.88 Å². The molecule has 0 aliphatic heterocycles. The zero-order valence-electron chi connectivity index (χ0n) is 11.3. The molecule has 2 rings (SSSR count). The van der Waals surface area contributed by atoms with Crippen LogP contribution < -0.4 is 4.57 Å². The fourth-order valence-electron chi connectivity index (χ4n) is 1.93. The minimum absolute atomic E-state index is 0.586. The van der Waals surface area contributed by atoms with Gasteiger partial charge in [0.1, 0.15) is 8.42 Å². The van der Waals surface area contributed by atoms with Crippen molar-refractivity contribution in [2.24, 2.45) is 7.05 Å². The third-order valence-electron chi connectivity index (χ3n) is 3.06. The monoisotopic (exact) mass is 213 g/mol. The van der Waals surface area contributed by atoms with Crippen molar-refractivity contribution in [3.8, 4) is 11.3 Å². The second-order valence-corrected chi connectivity index (χ2v) is 4.32. The van der Waals surface area contributed by atoms with Crippen LogP contribution in [0.1, 0.15) is 18.1 Å².